The monoisotopic (exact) mass is 624 g/mol. The van der Waals surface area contributed by atoms with E-state index in [1.165, 1.54) is 54.8 Å². The molecule has 0 atom stereocenters. The largest absolute Gasteiger partial charge is 0.455 e. The highest BCUT2D eigenvalue weighted by atomic mass is 16.3. The molecule has 226 valence electrons. The topological polar surface area (TPSA) is 44.1 Å². The van der Waals surface area contributed by atoms with Gasteiger partial charge in [-0.2, -0.15) is 0 Å². The van der Waals surface area contributed by atoms with Gasteiger partial charge in [-0.25, -0.2) is 4.98 Å². The highest BCUT2D eigenvalue weighted by Crippen LogP contribution is 2.50. The van der Waals surface area contributed by atoms with Crippen molar-refractivity contribution in [2.45, 2.75) is 0 Å². The molecule has 0 N–H and O–H groups in total. The van der Waals surface area contributed by atoms with Crippen LogP contribution in [0.3, 0.4) is 0 Å². The summed E-state index contributed by atoms with van der Waals surface area (Å²) in [6.07, 6.45) is 0. The van der Waals surface area contributed by atoms with Crippen LogP contribution in [0, 0.1) is 0 Å². The van der Waals surface area contributed by atoms with E-state index >= 15 is 0 Å². The number of aromatic nitrogens is 2. The van der Waals surface area contributed by atoms with Gasteiger partial charge in [0.15, 0.2) is 5.58 Å². The number of furan rings is 1. The fourth-order valence-corrected chi connectivity index (χ4v) is 8.48. The summed E-state index contributed by atoms with van der Waals surface area (Å²) < 4.78 is 15.3. The van der Waals surface area contributed by atoms with E-state index in [0.717, 1.165) is 55.1 Å². The molecule has 3 heterocycles. The van der Waals surface area contributed by atoms with Crippen molar-refractivity contribution in [2.75, 3.05) is 0 Å². The fraction of sp³-hybridized carbons (Fsp3) is 0. The predicted octanol–water partition coefficient (Wildman–Crippen LogP) is 12.4. The molecule has 11 aromatic rings. The second-order valence-corrected chi connectivity index (χ2v) is 13.1. The van der Waals surface area contributed by atoms with Gasteiger partial charge < -0.3 is 13.4 Å². The smallest absolute Gasteiger partial charge is 0.227 e. The van der Waals surface area contributed by atoms with Crippen LogP contribution >= 0.6 is 0 Å². The molecule has 4 nitrogen and oxygen atoms in total. The first-order valence-corrected chi connectivity index (χ1v) is 16.6. The van der Waals surface area contributed by atoms with Crippen LogP contribution < -0.4 is 0 Å². The van der Waals surface area contributed by atoms with Crippen molar-refractivity contribution in [3.05, 3.63) is 146 Å². The number of para-hydroxylation sites is 2. The molecule has 0 saturated carbocycles. The molecule has 3 aromatic heterocycles. The molecule has 49 heavy (non-hydrogen) atoms. The minimum absolute atomic E-state index is 0.588. The molecule has 4 heteroatoms. The maximum atomic E-state index is 6.71. The zero-order chi connectivity index (χ0) is 31.8. The second kappa shape index (κ2) is 9.03. The number of oxazole rings is 1. The Balaban J connectivity index is 1.19. The van der Waals surface area contributed by atoms with E-state index in [2.05, 4.69) is 126 Å². The van der Waals surface area contributed by atoms with Gasteiger partial charge in [-0.15, -0.1) is 0 Å². The number of fused-ring (bicyclic) bond motifs is 9. The SMILES string of the molecule is c1ccc2c(c1)-c1cccc3ccc4c(c13)c1c-2cccc1n4-c1cc2c3ccc(-c4nc5ccccc5o4)cc3oc2c2ccccc12. The van der Waals surface area contributed by atoms with Gasteiger partial charge in [0.1, 0.15) is 16.7 Å². The van der Waals surface area contributed by atoms with E-state index in [-0.39, 0.29) is 0 Å². The highest BCUT2D eigenvalue weighted by molar-refractivity contribution is 6.31. The van der Waals surface area contributed by atoms with E-state index in [4.69, 9.17) is 13.8 Å². The Morgan fingerprint density at radius 1 is 0.449 bits per heavy atom. The van der Waals surface area contributed by atoms with Crippen molar-refractivity contribution in [1.82, 2.24) is 9.55 Å². The summed E-state index contributed by atoms with van der Waals surface area (Å²) in [6.45, 7) is 0. The molecule has 0 aliphatic heterocycles. The lowest BCUT2D eigenvalue weighted by Crippen LogP contribution is -1.96. The zero-order valence-corrected chi connectivity index (χ0v) is 26.1. The van der Waals surface area contributed by atoms with Crippen molar-refractivity contribution < 1.29 is 8.83 Å². The van der Waals surface area contributed by atoms with Gasteiger partial charge in [-0.3, -0.25) is 0 Å². The van der Waals surface area contributed by atoms with Crippen molar-refractivity contribution in [3.63, 3.8) is 0 Å². The molecule has 0 fully saturated rings. The zero-order valence-electron chi connectivity index (χ0n) is 26.1. The molecule has 0 spiro atoms. The van der Waals surface area contributed by atoms with Gasteiger partial charge in [0.05, 0.1) is 16.7 Å². The minimum Gasteiger partial charge on any atom is -0.455 e. The lowest BCUT2D eigenvalue weighted by atomic mass is 9.93. The first-order chi connectivity index (χ1) is 24.3. The Hall–Kier alpha value is -6.65. The highest BCUT2D eigenvalue weighted by Gasteiger charge is 2.26. The Morgan fingerprint density at radius 3 is 2.06 bits per heavy atom. The summed E-state index contributed by atoms with van der Waals surface area (Å²) in [5.41, 5.74) is 12.8. The van der Waals surface area contributed by atoms with Crippen LogP contribution in [-0.4, -0.2) is 9.55 Å². The van der Waals surface area contributed by atoms with E-state index in [1.54, 1.807) is 0 Å². The average molecular weight is 625 g/mol. The van der Waals surface area contributed by atoms with Crippen LogP contribution in [0.15, 0.2) is 154 Å². The first kappa shape index (κ1) is 25.4. The van der Waals surface area contributed by atoms with Gasteiger partial charge in [-0.1, -0.05) is 97.1 Å². The standard InChI is InChI=1S/C45H24N2O2/c1-2-11-28-27(10-1)31-14-7-9-25-20-22-37-43(41(25)31)42-32(28)15-8-17-36(42)47(37)38-24-34-30-21-19-26(45-46-35-16-5-6-18-39(35)49-45)23-40(30)48-44(34)33-13-4-3-12-29(33)38/h1-24H. The summed E-state index contributed by atoms with van der Waals surface area (Å²) in [5.74, 6) is 0.588. The summed E-state index contributed by atoms with van der Waals surface area (Å²) in [4.78, 5) is 4.74. The summed E-state index contributed by atoms with van der Waals surface area (Å²) >= 11 is 0. The van der Waals surface area contributed by atoms with Gasteiger partial charge >= 0.3 is 0 Å². The summed E-state index contributed by atoms with van der Waals surface area (Å²) in [6, 6.07) is 52.0. The van der Waals surface area contributed by atoms with E-state index in [1.807, 2.05) is 24.3 Å². The van der Waals surface area contributed by atoms with Crippen molar-refractivity contribution in [1.29, 1.82) is 0 Å². The van der Waals surface area contributed by atoms with E-state index in [0.29, 0.717) is 5.89 Å². The molecule has 0 saturated heterocycles. The van der Waals surface area contributed by atoms with E-state index < -0.39 is 0 Å². The number of hydrogen-bond donors (Lipinski definition) is 0. The van der Waals surface area contributed by atoms with Gasteiger partial charge in [-0.05, 0) is 81.6 Å². The molecule has 0 amide bonds. The van der Waals surface area contributed by atoms with E-state index in [9.17, 15) is 0 Å². The third-order valence-corrected chi connectivity index (χ3v) is 10.5. The Labute approximate surface area is 279 Å². The normalized spacial score (nSPS) is 12.5. The van der Waals surface area contributed by atoms with Crippen LogP contribution in [-0.2, 0) is 0 Å². The van der Waals surface area contributed by atoms with Crippen molar-refractivity contribution in [2.24, 2.45) is 0 Å². The Bertz CT molecular complexity index is 3200. The van der Waals surface area contributed by atoms with Crippen molar-refractivity contribution in [3.8, 4) is 39.4 Å². The molecular weight excluding hydrogens is 601 g/mol. The lowest BCUT2D eigenvalue weighted by molar-refractivity contribution is 0.619. The second-order valence-electron chi connectivity index (χ2n) is 13.1. The number of benzene rings is 8. The van der Waals surface area contributed by atoms with Gasteiger partial charge in [0.2, 0.25) is 5.89 Å². The summed E-state index contributed by atoms with van der Waals surface area (Å²) in [7, 11) is 0. The van der Waals surface area contributed by atoms with Gasteiger partial charge in [0.25, 0.3) is 0 Å². The molecule has 0 radical (unpaired) electrons. The first-order valence-electron chi connectivity index (χ1n) is 16.6. The molecule has 12 rings (SSSR count). The van der Waals surface area contributed by atoms with Crippen LogP contribution in [0.2, 0.25) is 0 Å². The molecule has 0 bridgehead atoms. The molecule has 8 aromatic carbocycles. The average Bonchev–Trinajstić information content (AvgIpc) is 3.83. The Kier molecular flexibility index (Phi) is 4.69. The maximum absolute atomic E-state index is 6.71. The Morgan fingerprint density at radius 2 is 1.18 bits per heavy atom. The molecular formula is C45H24N2O2. The molecule has 0 unspecified atom stereocenters. The van der Waals surface area contributed by atoms with Gasteiger partial charge in [0, 0.05) is 37.9 Å². The number of rotatable bonds is 2. The van der Waals surface area contributed by atoms with Crippen LogP contribution in [0.1, 0.15) is 0 Å². The third-order valence-electron chi connectivity index (χ3n) is 10.5. The predicted molar refractivity (Wildman–Crippen MR) is 201 cm³/mol. The van der Waals surface area contributed by atoms with Crippen molar-refractivity contribution >= 4 is 76.4 Å². The van der Waals surface area contributed by atoms with Crippen LogP contribution in [0.4, 0.5) is 0 Å². The molecule has 1 aliphatic carbocycles. The quantitative estimate of drug-likeness (QED) is 0.192. The maximum Gasteiger partial charge on any atom is 0.227 e. The number of hydrogen-bond acceptors (Lipinski definition) is 3. The van der Waals surface area contributed by atoms with Crippen LogP contribution in [0.5, 0.6) is 0 Å². The minimum atomic E-state index is 0.588. The lowest BCUT2D eigenvalue weighted by Gasteiger charge is -2.15. The summed E-state index contributed by atoms with van der Waals surface area (Å²) in [5, 5.41) is 9.54. The molecule has 1 aliphatic rings. The van der Waals surface area contributed by atoms with Crippen LogP contribution in [0.25, 0.3) is 116 Å². The number of nitrogens with zero attached hydrogens (tertiary/aromatic N) is 2. The fourth-order valence-electron chi connectivity index (χ4n) is 8.48. The third kappa shape index (κ3) is 3.25.